The maximum atomic E-state index is 4.92. The Morgan fingerprint density at radius 1 is 1.80 bits per heavy atom. The van der Waals surface area contributed by atoms with Crippen molar-refractivity contribution in [1.29, 1.82) is 0 Å². The molecule has 0 heterocycles. The summed E-state index contributed by atoms with van der Waals surface area (Å²) in [6, 6.07) is 0. The number of allylic oxidation sites excluding steroid dienone is 1. The molecule has 0 saturated heterocycles. The van der Waals surface area contributed by atoms with Crippen molar-refractivity contribution in [3.63, 3.8) is 0 Å². The predicted molar refractivity (Wildman–Crippen MR) is 17.2 cm³/mol. The maximum absolute atomic E-state index is 4.92. The summed E-state index contributed by atoms with van der Waals surface area (Å²) < 4.78 is 2.84. The quantitative estimate of drug-likeness (QED) is 0.506. The average Bonchev–Trinajstić information content (AvgIpc) is 1.41. The summed E-state index contributed by atoms with van der Waals surface area (Å²) >= 11 is 1.03. The SMILES string of the molecule is N/C=C/[C]#[Y]. The number of hydrogen-bond donors (Lipinski definition) is 1. The van der Waals surface area contributed by atoms with Crippen LogP contribution < -0.4 is 5.73 Å². The van der Waals surface area contributed by atoms with Gasteiger partial charge in [0.05, 0.1) is 0 Å². The Balaban J connectivity index is 3.04. The van der Waals surface area contributed by atoms with Crippen LogP contribution in [0.5, 0.6) is 0 Å². The van der Waals surface area contributed by atoms with E-state index >= 15 is 0 Å². The van der Waals surface area contributed by atoms with Gasteiger partial charge >= 0.3 is 50.8 Å². The van der Waals surface area contributed by atoms with Gasteiger partial charge in [0.15, 0.2) is 0 Å². The molecule has 2 heteroatoms. The predicted octanol–water partition coefficient (Wildman–Crippen LogP) is -0.0352. The fourth-order valence-corrected chi connectivity index (χ4v) is 0.329. The topological polar surface area (TPSA) is 26.0 Å². The van der Waals surface area contributed by atoms with Crippen LogP contribution >= 0.6 is 0 Å². The van der Waals surface area contributed by atoms with Crippen LogP contribution in [0.4, 0.5) is 0 Å². The zero-order valence-corrected chi connectivity index (χ0v) is 5.65. The zero-order valence-electron chi connectivity index (χ0n) is 2.81. The molecular weight excluding hydrogens is 139 g/mol. The van der Waals surface area contributed by atoms with Crippen molar-refractivity contribution >= 4 is 0 Å². The van der Waals surface area contributed by atoms with Crippen molar-refractivity contribution in [2.45, 2.75) is 0 Å². The molecule has 2 N–H and O–H groups in total. The van der Waals surface area contributed by atoms with Crippen molar-refractivity contribution in [3.05, 3.63) is 12.3 Å². The van der Waals surface area contributed by atoms with Crippen LogP contribution in [0.15, 0.2) is 12.3 Å². The Morgan fingerprint density at radius 3 is 2.40 bits per heavy atom. The van der Waals surface area contributed by atoms with E-state index in [1.807, 2.05) is 0 Å². The van der Waals surface area contributed by atoms with Gasteiger partial charge in [-0.2, -0.15) is 0 Å². The second-order valence-electron chi connectivity index (χ2n) is 0.526. The van der Waals surface area contributed by atoms with Crippen molar-refractivity contribution in [2.75, 3.05) is 0 Å². The summed E-state index contributed by atoms with van der Waals surface area (Å²) in [5.41, 5.74) is 4.92. The van der Waals surface area contributed by atoms with E-state index < -0.39 is 0 Å². The van der Waals surface area contributed by atoms with E-state index in [2.05, 4.69) is 2.59 Å². The van der Waals surface area contributed by atoms with Gasteiger partial charge in [-0.1, -0.05) is 0 Å². The first-order valence-electron chi connectivity index (χ1n) is 1.24. The fraction of sp³-hybridized carbons (Fsp3) is 0. The van der Waals surface area contributed by atoms with Crippen LogP contribution in [0.1, 0.15) is 0 Å². The second-order valence-corrected chi connectivity index (χ2v) is 1.35. The van der Waals surface area contributed by atoms with Crippen molar-refractivity contribution in [1.82, 2.24) is 0 Å². The normalized spacial score (nSPS) is 8.40. The van der Waals surface area contributed by atoms with Gasteiger partial charge in [-0.05, 0) is 0 Å². The molecule has 0 amide bonds. The van der Waals surface area contributed by atoms with Crippen LogP contribution in [0, 0.1) is 2.59 Å². The Hall–Kier alpha value is 0.424. The van der Waals surface area contributed by atoms with Crippen LogP contribution in [0.2, 0.25) is 0 Å². The molecule has 0 aliphatic heterocycles. The molecule has 0 aromatic carbocycles. The van der Waals surface area contributed by atoms with Gasteiger partial charge in [0, 0.05) is 0 Å². The first-order chi connectivity index (χ1) is 2.41. The fourth-order valence-electron chi connectivity index (χ4n) is 0.0556. The number of hydrogen-bond acceptors (Lipinski definition) is 1. The van der Waals surface area contributed by atoms with Crippen molar-refractivity contribution < 1.29 is 30.2 Å². The molecule has 0 radical (unpaired) electrons. The van der Waals surface area contributed by atoms with Gasteiger partial charge < -0.3 is 0 Å². The van der Waals surface area contributed by atoms with Crippen LogP contribution in [0.3, 0.4) is 0 Å². The molecule has 0 bridgehead atoms. The third kappa shape index (κ3) is 4.42. The standard InChI is InChI=1S/C3H4N.Y/c1-2-3-4;/h2-3H,4H2;/b3-2+;. The molecule has 0 aliphatic rings. The monoisotopic (exact) mass is 143 g/mol. The molecule has 0 saturated carbocycles. The van der Waals surface area contributed by atoms with Gasteiger partial charge in [0.1, 0.15) is 0 Å². The first kappa shape index (κ1) is 5.42. The summed E-state index contributed by atoms with van der Waals surface area (Å²) in [4.78, 5) is 0. The third-order valence-corrected chi connectivity index (χ3v) is 0.666. The molecule has 0 atom stereocenters. The van der Waals surface area contributed by atoms with Gasteiger partial charge in [-0.25, -0.2) is 0 Å². The van der Waals surface area contributed by atoms with Crippen molar-refractivity contribution in [2.24, 2.45) is 5.73 Å². The number of rotatable bonds is 0. The Kier molecular flexibility index (Phi) is 4.80. The molecule has 0 unspecified atom stereocenters. The van der Waals surface area contributed by atoms with Crippen molar-refractivity contribution in [3.8, 4) is 2.59 Å². The zero-order chi connectivity index (χ0) is 4.12. The van der Waals surface area contributed by atoms with Crippen LogP contribution in [0.25, 0.3) is 0 Å². The molecule has 0 aliphatic carbocycles. The van der Waals surface area contributed by atoms with E-state index in [1.54, 1.807) is 6.08 Å². The van der Waals surface area contributed by atoms with E-state index in [9.17, 15) is 0 Å². The summed E-state index contributed by atoms with van der Waals surface area (Å²) in [5, 5.41) is 0. The molecule has 0 rings (SSSR count). The van der Waals surface area contributed by atoms with Gasteiger partial charge in [0.25, 0.3) is 0 Å². The van der Waals surface area contributed by atoms with Gasteiger partial charge in [-0.3, -0.25) is 0 Å². The second kappa shape index (κ2) is 4.42. The molecule has 0 fully saturated rings. The summed E-state index contributed by atoms with van der Waals surface area (Å²) in [7, 11) is 0. The van der Waals surface area contributed by atoms with Gasteiger partial charge in [0.2, 0.25) is 0 Å². The van der Waals surface area contributed by atoms with E-state index in [1.165, 1.54) is 6.20 Å². The molecule has 0 aromatic rings. The Morgan fingerprint density at radius 2 is 2.40 bits per heavy atom. The van der Waals surface area contributed by atoms with Gasteiger partial charge in [-0.15, -0.1) is 0 Å². The van der Waals surface area contributed by atoms with Crippen LogP contribution in [-0.4, -0.2) is 0 Å². The molecule has 1 nitrogen and oxygen atoms in total. The number of nitrogens with two attached hydrogens (primary N) is 1. The molecule has 24 valence electrons. The third-order valence-electron chi connectivity index (χ3n) is 0.192. The Bertz CT molecular complexity index is 69.5. The minimum absolute atomic E-state index is 1.03. The molecule has 0 aromatic heterocycles. The van der Waals surface area contributed by atoms with E-state index in [0.717, 1.165) is 30.2 Å². The molecular formula is C3H4NY. The minimum atomic E-state index is 1.03. The van der Waals surface area contributed by atoms with E-state index in [0.29, 0.717) is 0 Å². The first-order valence-corrected chi connectivity index (χ1v) is 2.66. The van der Waals surface area contributed by atoms with E-state index in [-0.39, 0.29) is 0 Å². The van der Waals surface area contributed by atoms with Crippen LogP contribution in [-0.2, 0) is 30.2 Å². The molecule has 0 spiro atoms. The summed E-state index contributed by atoms with van der Waals surface area (Å²) in [6.07, 6.45) is 3.19. The Labute approximate surface area is 50.7 Å². The summed E-state index contributed by atoms with van der Waals surface area (Å²) in [6.45, 7) is 0. The summed E-state index contributed by atoms with van der Waals surface area (Å²) in [5.74, 6) is 0. The average molecular weight is 143 g/mol. The molecule has 5 heavy (non-hydrogen) atoms. The van der Waals surface area contributed by atoms with E-state index in [4.69, 9.17) is 5.73 Å².